The SMILES string of the molecule is Cc1ccc2nccc(N3CCCN(C(=O)c4ccncc4)CC3)c2c1. The Morgan fingerprint density at radius 2 is 1.81 bits per heavy atom. The Kier molecular flexibility index (Phi) is 4.52. The van der Waals surface area contributed by atoms with Gasteiger partial charge in [-0.15, -0.1) is 0 Å². The fraction of sp³-hybridized carbons (Fsp3) is 0.286. The Morgan fingerprint density at radius 1 is 0.962 bits per heavy atom. The monoisotopic (exact) mass is 346 g/mol. The molecule has 4 rings (SSSR count). The van der Waals surface area contributed by atoms with Crippen molar-refractivity contribution in [2.45, 2.75) is 13.3 Å². The number of aryl methyl sites for hydroxylation is 1. The standard InChI is InChI=1S/C21H22N4O/c1-16-3-4-19-18(15-16)20(7-10-23-19)24-11-2-12-25(14-13-24)21(26)17-5-8-22-9-6-17/h3-10,15H,2,11-14H2,1H3. The number of rotatable bonds is 2. The van der Waals surface area contributed by atoms with Gasteiger partial charge in [0.05, 0.1) is 5.52 Å². The molecule has 1 saturated heterocycles. The zero-order valence-corrected chi connectivity index (χ0v) is 14.9. The number of pyridine rings is 2. The predicted molar refractivity (Wildman–Crippen MR) is 103 cm³/mol. The second-order valence-corrected chi connectivity index (χ2v) is 6.72. The zero-order valence-electron chi connectivity index (χ0n) is 14.9. The van der Waals surface area contributed by atoms with Crippen LogP contribution in [0.4, 0.5) is 5.69 Å². The molecule has 3 heterocycles. The second kappa shape index (κ2) is 7.12. The summed E-state index contributed by atoms with van der Waals surface area (Å²) in [5, 5.41) is 1.18. The molecule has 1 fully saturated rings. The molecule has 1 amide bonds. The average Bonchev–Trinajstić information content (AvgIpc) is 2.94. The van der Waals surface area contributed by atoms with Gasteiger partial charge < -0.3 is 9.80 Å². The minimum absolute atomic E-state index is 0.0877. The molecule has 1 aliphatic rings. The molecule has 1 aliphatic heterocycles. The molecule has 1 aromatic carbocycles. The first-order valence-electron chi connectivity index (χ1n) is 9.02. The number of benzene rings is 1. The molecule has 5 nitrogen and oxygen atoms in total. The Labute approximate surface area is 153 Å². The number of nitrogens with zero attached hydrogens (tertiary/aromatic N) is 4. The number of anilines is 1. The lowest BCUT2D eigenvalue weighted by Gasteiger charge is -2.25. The van der Waals surface area contributed by atoms with Gasteiger partial charge in [-0.2, -0.15) is 0 Å². The first kappa shape index (κ1) is 16.5. The molecular weight excluding hydrogens is 324 g/mol. The van der Waals surface area contributed by atoms with E-state index in [2.05, 4.69) is 46.1 Å². The van der Waals surface area contributed by atoms with Crippen LogP contribution in [0.1, 0.15) is 22.3 Å². The van der Waals surface area contributed by atoms with Crippen LogP contribution >= 0.6 is 0 Å². The Morgan fingerprint density at radius 3 is 2.65 bits per heavy atom. The maximum Gasteiger partial charge on any atom is 0.254 e. The molecule has 0 saturated carbocycles. The summed E-state index contributed by atoms with van der Waals surface area (Å²) >= 11 is 0. The van der Waals surface area contributed by atoms with Crippen LogP contribution in [0.5, 0.6) is 0 Å². The fourth-order valence-corrected chi connectivity index (χ4v) is 3.56. The van der Waals surface area contributed by atoms with Crippen LogP contribution in [0.3, 0.4) is 0 Å². The number of carbonyl (C=O) groups is 1. The molecule has 0 spiro atoms. The number of aromatic nitrogens is 2. The van der Waals surface area contributed by atoms with E-state index < -0.39 is 0 Å². The average molecular weight is 346 g/mol. The molecule has 5 heteroatoms. The van der Waals surface area contributed by atoms with E-state index in [1.165, 1.54) is 16.6 Å². The van der Waals surface area contributed by atoms with Crippen molar-refractivity contribution in [3.8, 4) is 0 Å². The van der Waals surface area contributed by atoms with Crippen molar-refractivity contribution in [2.75, 3.05) is 31.1 Å². The Hall–Kier alpha value is -2.95. The Bertz CT molecular complexity index is 926. The number of amides is 1. The molecule has 132 valence electrons. The van der Waals surface area contributed by atoms with E-state index in [0.29, 0.717) is 5.56 Å². The Balaban J connectivity index is 1.56. The van der Waals surface area contributed by atoms with Crippen LogP contribution in [0.25, 0.3) is 10.9 Å². The van der Waals surface area contributed by atoms with Crippen molar-refractivity contribution in [1.29, 1.82) is 0 Å². The highest BCUT2D eigenvalue weighted by atomic mass is 16.2. The third-order valence-corrected chi connectivity index (χ3v) is 4.93. The summed E-state index contributed by atoms with van der Waals surface area (Å²) in [7, 11) is 0. The van der Waals surface area contributed by atoms with Crippen LogP contribution in [0, 0.1) is 6.92 Å². The van der Waals surface area contributed by atoms with Crippen LogP contribution in [-0.4, -0.2) is 47.0 Å². The summed E-state index contributed by atoms with van der Waals surface area (Å²) in [5.41, 5.74) is 4.16. The molecule has 2 aromatic heterocycles. The summed E-state index contributed by atoms with van der Waals surface area (Å²) in [5.74, 6) is 0.0877. The van der Waals surface area contributed by atoms with E-state index in [1.807, 2.05) is 11.1 Å². The van der Waals surface area contributed by atoms with Gasteiger partial charge >= 0.3 is 0 Å². The van der Waals surface area contributed by atoms with E-state index in [9.17, 15) is 4.79 Å². The third-order valence-electron chi connectivity index (χ3n) is 4.93. The van der Waals surface area contributed by atoms with E-state index >= 15 is 0 Å². The molecule has 0 atom stereocenters. The lowest BCUT2D eigenvalue weighted by atomic mass is 10.1. The van der Waals surface area contributed by atoms with E-state index in [1.54, 1.807) is 24.5 Å². The van der Waals surface area contributed by atoms with Gasteiger partial charge in [-0.05, 0) is 43.7 Å². The molecule has 26 heavy (non-hydrogen) atoms. The first-order valence-corrected chi connectivity index (χ1v) is 9.02. The summed E-state index contributed by atoms with van der Waals surface area (Å²) in [6.07, 6.45) is 6.16. The first-order chi connectivity index (χ1) is 12.7. The van der Waals surface area contributed by atoms with E-state index in [-0.39, 0.29) is 5.91 Å². The highest BCUT2D eigenvalue weighted by Crippen LogP contribution is 2.27. The molecule has 0 radical (unpaired) electrons. The van der Waals surface area contributed by atoms with Gasteiger partial charge in [-0.3, -0.25) is 14.8 Å². The summed E-state index contributed by atoms with van der Waals surface area (Å²) in [6, 6.07) is 12.0. The van der Waals surface area contributed by atoms with Crippen LogP contribution in [0.2, 0.25) is 0 Å². The molecule has 0 N–H and O–H groups in total. The lowest BCUT2D eigenvalue weighted by molar-refractivity contribution is 0.0767. The van der Waals surface area contributed by atoms with Gasteiger partial charge in [0.1, 0.15) is 0 Å². The van der Waals surface area contributed by atoms with Crippen molar-refractivity contribution in [1.82, 2.24) is 14.9 Å². The summed E-state index contributed by atoms with van der Waals surface area (Å²) in [4.78, 5) is 25.5. The van der Waals surface area contributed by atoms with Gasteiger partial charge in [0.25, 0.3) is 5.91 Å². The normalized spacial score (nSPS) is 15.1. The van der Waals surface area contributed by atoms with Crippen LogP contribution in [0.15, 0.2) is 55.0 Å². The maximum atomic E-state index is 12.7. The zero-order chi connectivity index (χ0) is 17.9. The summed E-state index contributed by atoms with van der Waals surface area (Å²) < 4.78 is 0. The lowest BCUT2D eigenvalue weighted by Crippen LogP contribution is -2.35. The van der Waals surface area contributed by atoms with Crippen molar-refractivity contribution in [3.05, 3.63) is 66.1 Å². The van der Waals surface area contributed by atoms with Crippen LogP contribution < -0.4 is 4.90 Å². The summed E-state index contributed by atoms with van der Waals surface area (Å²) in [6.45, 7) is 5.36. The van der Waals surface area contributed by atoms with E-state index in [4.69, 9.17) is 0 Å². The smallest absolute Gasteiger partial charge is 0.254 e. The predicted octanol–water partition coefficient (Wildman–Crippen LogP) is 3.29. The van der Waals surface area contributed by atoms with Crippen molar-refractivity contribution >= 4 is 22.5 Å². The van der Waals surface area contributed by atoms with Gasteiger partial charge in [0, 0.05) is 61.4 Å². The number of carbonyl (C=O) groups excluding carboxylic acids is 1. The molecule has 0 bridgehead atoms. The quantitative estimate of drug-likeness (QED) is 0.714. The molecular formula is C21H22N4O. The highest BCUT2D eigenvalue weighted by Gasteiger charge is 2.21. The number of fused-ring (bicyclic) bond motifs is 1. The van der Waals surface area contributed by atoms with E-state index in [0.717, 1.165) is 38.1 Å². The molecule has 3 aromatic rings. The molecule has 0 unspecified atom stereocenters. The van der Waals surface area contributed by atoms with Crippen molar-refractivity contribution < 1.29 is 4.79 Å². The van der Waals surface area contributed by atoms with Crippen LogP contribution in [-0.2, 0) is 0 Å². The number of hydrogen-bond acceptors (Lipinski definition) is 4. The van der Waals surface area contributed by atoms with Gasteiger partial charge in [0.15, 0.2) is 0 Å². The van der Waals surface area contributed by atoms with Gasteiger partial charge in [-0.1, -0.05) is 11.6 Å². The third kappa shape index (κ3) is 3.25. The second-order valence-electron chi connectivity index (χ2n) is 6.72. The van der Waals surface area contributed by atoms with Crippen molar-refractivity contribution in [2.24, 2.45) is 0 Å². The van der Waals surface area contributed by atoms with Crippen molar-refractivity contribution in [3.63, 3.8) is 0 Å². The topological polar surface area (TPSA) is 49.3 Å². The van der Waals surface area contributed by atoms with Gasteiger partial charge in [-0.25, -0.2) is 0 Å². The maximum absolute atomic E-state index is 12.7. The minimum atomic E-state index is 0.0877. The minimum Gasteiger partial charge on any atom is -0.369 e. The largest absolute Gasteiger partial charge is 0.369 e. The molecule has 0 aliphatic carbocycles. The van der Waals surface area contributed by atoms with Gasteiger partial charge in [0.2, 0.25) is 0 Å². The fourth-order valence-electron chi connectivity index (χ4n) is 3.56. The number of hydrogen-bond donors (Lipinski definition) is 0. The highest BCUT2D eigenvalue weighted by molar-refractivity contribution is 5.94.